The summed E-state index contributed by atoms with van der Waals surface area (Å²) in [5.74, 6) is -0.253. The van der Waals surface area contributed by atoms with Crippen molar-refractivity contribution in [1.29, 1.82) is 0 Å². The van der Waals surface area contributed by atoms with Gasteiger partial charge < -0.3 is 10.6 Å². The van der Waals surface area contributed by atoms with Gasteiger partial charge in [0.05, 0.1) is 6.42 Å². The van der Waals surface area contributed by atoms with Gasteiger partial charge in [-0.2, -0.15) is 0 Å². The number of primary amides is 1. The van der Waals surface area contributed by atoms with Crippen LogP contribution in [0.5, 0.6) is 0 Å². The van der Waals surface area contributed by atoms with E-state index in [4.69, 9.17) is 5.73 Å². The Kier molecular flexibility index (Phi) is 6.57. The molecule has 0 unspecified atom stereocenters. The van der Waals surface area contributed by atoms with Crippen molar-refractivity contribution in [3.05, 3.63) is 34.9 Å². The maximum Gasteiger partial charge on any atom is 0.221 e. The van der Waals surface area contributed by atoms with Crippen molar-refractivity contribution in [2.24, 2.45) is 5.73 Å². The van der Waals surface area contributed by atoms with Crippen LogP contribution in [0.3, 0.4) is 0 Å². The highest BCUT2D eigenvalue weighted by Gasteiger charge is 2.09. The molecule has 3 heteroatoms. The van der Waals surface area contributed by atoms with Gasteiger partial charge in [0.25, 0.3) is 0 Å². The number of likely N-dealkylation sites (N-methyl/N-ethyl adjacent to an activating group) is 1. The Balaban J connectivity index is 2.76. The number of hydrogen-bond acceptors (Lipinski definition) is 2. The molecule has 0 aliphatic rings. The Morgan fingerprint density at radius 3 is 2.58 bits per heavy atom. The number of rotatable bonds is 8. The van der Waals surface area contributed by atoms with Crippen molar-refractivity contribution in [2.75, 3.05) is 19.6 Å². The molecule has 0 saturated carbocycles. The fourth-order valence-electron chi connectivity index (χ4n) is 2.45. The Labute approximate surface area is 116 Å². The molecule has 1 aromatic carbocycles. The maximum absolute atomic E-state index is 11.2. The molecular formula is C16H26N2O. The van der Waals surface area contributed by atoms with Gasteiger partial charge in [0, 0.05) is 6.54 Å². The normalized spacial score (nSPS) is 10.9. The number of nitrogens with zero attached hydrogens (tertiary/aromatic N) is 1. The molecule has 0 spiro atoms. The Morgan fingerprint density at radius 1 is 1.26 bits per heavy atom. The minimum atomic E-state index is -0.253. The van der Waals surface area contributed by atoms with Gasteiger partial charge in [0.15, 0.2) is 0 Å². The van der Waals surface area contributed by atoms with Crippen molar-refractivity contribution < 1.29 is 4.79 Å². The fourth-order valence-corrected chi connectivity index (χ4v) is 2.45. The molecular weight excluding hydrogens is 236 g/mol. The van der Waals surface area contributed by atoms with Crippen LogP contribution >= 0.6 is 0 Å². The fraction of sp³-hybridized carbons (Fsp3) is 0.562. The zero-order valence-corrected chi connectivity index (χ0v) is 12.4. The first-order valence-corrected chi connectivity index (χ1v) is 7.16. The summed E-state index contributed by atoms with van der Waals surface area (Å²) in [6, 6.07) is 6.22. The Morgan fingerprint density at radius 2 is 2.00 bits per heavy atom. The summed E-state index contributed by atoms with van der Waals surface area (Å²) in [4.78, 5) is 13.6. The van der Waals surface area contributed by atoms with Crippen LogP contribution in [-0.2, 0) is 17.6 Å². The van der Waals surface area contributed by atoms with Crippen LogP contribution in [0.2, 0.25) is 0 Å². The van der Waals surface area contributed by atoms with Gasteiger partial charge in [-0.3, -0.25) is 4.79 Å². The van der Waals surface area contributed by atoms with Crippen LogP contribution in [-0.4, -0.2) is 30.4 Å². The minimum absolute atomic E-state index is 0.253. The summed E-state index contributed by atoms with van der Waals surface area (Å²) in [5.41, 5.74) is 8.88. The van der Waals surface area contributed by atoms with E-state index >= 15 is 0 Å². The summed E-state index contributed by atoms with van der Waals surface area (Å²) >= 11 is 0. The Bertz CT molecular complexity index is 415. The summed E-state index contributed by atoms with van der Waals surface area (Å²) in [5, 5.41) is 0. The van der Waals surface area contributed by atoms with Gasteiger partial charge in [0.1, 0.15) is 0 Å². The first-order chi connectivity index (χ1) is 9.08. The van der Waals surface area contributed by atoms with Crippen LogP contribution in [0.1, 0.15) is 37.0 Å². The van der Waals surface area contributed by atoms with E-state index in [-0.39, 0.29) is 5.91 Å². The molecule has 2 N–H and O–H groups in total. The second-order valence-electron chi connectivity index (χ2n) is 5.04. The third kappa shape index (κ3) is 5.03. The van der Waals surface area contributed by atoms with Gasteiger partial charge in [-0.05, 0) is 49.5 Å². The topological polar surface area (TPSA) is 46.3 Å². The van der Waals surface area contributed by atoms with E-state index in [1.165, 1.54) is 12.0 Å². The zero-order chi connectivity index (χ0) is 14.3. The van der Waals surface area contributed by atoms with E-state index in [2.05, 4.69) is 30.9 Å². The number of benzene rings is 1. The first kappa shape index (κ1) is 15.7. The summed E-state index contributed by atoms with van der Waals surface area (Å²) in [6.07, 6.45) is 2.51. The maximum atomic E-state index is 11.2. The van der Waals surface area contributed by atoms with E-state index in [0.29, 0.717) is 6.42 Å². The van der Waals surface area contributed by atoms with Crippen LogP contribution in [0.25, 0.3) is 0 Å². The number of carbonyl (C=O) groups excluding carboxylic acids is 1. The molecule has 0 aliphatic carbocycles. The quantitative estimate of drug-likeness (QED) is 0.781. The van der Waals surface area contributed by atoms with Crippen molar-refractivity contribution in [1.82, 2.24) is 4.90 Å². The van der Waals surface area contributed by atoms with Gasteiger partial charge in [-0.1, -0.05) is 32.0 Å². The minimum Gasteiger partial charge on any atom is -0.369 e. The van der Waals surface area contributed by atoms with Crippen molar-refractivity contribution in [3.63, 3.8) is 0 Å². The number of hydrogen-bond donors (Lipinski definition) is 1. The highest BCUT2D eigenvalue weighted by molar-refractivity contribution is 5.77. The van der Waals surface area contributed by atoms with Crippen molar-refractivity contribution in [3.8, 4) is 0 Å². The predicted molar refractivity (Wildman–Crippen MR) is 80.2 cm³/mol. The van der Waals surface area contributed by atoms with Gasteiger partial charge in [-0.15, -0.1) is 0 Å². The van der Waals surface area contributed by atoms with Crippen molar-refractivity contribution in [2.45, 2.75) is 40.0 Å². The van der Waals surface area contributed by atoms with E-state index in [0.717, 1.165) is 37.2 Å². The molecule has 3 nitrogen and oxygen atoms in total. The molecule has 0 bridgehead atoms. The van der Waals surface area contributed by atoms with E-state index in [9.17, 15) is 4.79 Å². The number of nitrogens with two attached hydrogens (primary N) is 1. The van der Waals surface area contributed by atoms with Gasteiger partial charge >= 0.3 is 0 Å². The SMILES string of the molecule is CCCN(CC)CCc1cccc(C)c1CC(N)=O. The summed E-state index contributed by atoms with van der Waals surface area (Å²) < 4.78 is 0. The largest absolute Gasteiger partial charge is 0.369 e. The number of carbonyl (C=O) groups is 1. The molecule has 0 aromatic heterocycles. The van der Waals surface area contributed by atoms with E-state index in [1.807, 2.05) is 13.0 Å². The monoisotopic (exact) mass is 262 g/mol. The lowest BCUT2D eigenvalue weighted by atomic mass is 9.96. The average molecular weight is 262 g/mol. The second kappa shape index (κ2) is 7.95. The molecule has 19 heavy (non-hydrogen) atoms. The summed E-state index contributed by atoms with van der Waals surface area (Å²) in [6.45, 7) is 9.69. The second-order valence-corrected chi connectivity index (χ2v) is 5.04. The number of amides is 1. The molecule has 0 fully saturated rings. The van der Waals surface area contributed by atoms with Gasteiger partial charge in [0.2, 0.25) is 5.91 Å². The Hall–Kier alpha value is -1.35. The van der Waals surface area contributed by atoms with E-state index in [1.54, 1.807) is 0 Å². The molecule has 0 radical (unpaired) electrons. The predicted octanol–water partition coefficient (Wildman–Crippen LogP) is 2.30. The van der Waals surface area contributed by atoms with Crippen LogP contribution < -0.4 is 5.73 Å². The lowest BCUT2D eigenvalue weighted by Crippen LogP contribution is -2.27. The van der Waals surface area contributed by atoms with Gasteiger partial charge in [-0.25, -0.2) is 0 Å². The highest BCUT2D eigenvalue weighted by atomic mass is 16.1. The molecule has 0 atom stereocenters. The lowest BCUT2D eigenvalue weighted by molar-refractivity contribution is -0.117. The van der Waals surface area contributed by atoms with Crippen LogP contribution in [0.15, 0.2) is 18.2 Å². The molecule has 0 saturated heterocycles. The smallest absolute Gasteiger partial charge is 0.221 e. The first-order valence-electron chi connectivity index (χ1n) is 7.16. The number of aryl methyl sites for hydroxylation is 1. The van der Waals surface area contributed by atoms with Crippen molar-refractivity contribution >= 4 is 5.91 Å². The zero-order valence-electron chi connectivity index (χ0n) is 12.4. The third-order valence-electron chi connectivity index (χ3n) is 3.54. The van der Waals surface area contributed by atoms with Crippen LogP contribution in [0, 0.1) is 6.92 Å². The standard InChI is InChI=1S/C16H26N2O/c1-4-10-18(5-2)11-9-14-8-6-7-13(3)15(14)12-16(17)19/h6-8H,4-5,9-12H2,1-3H3,(H2,17,19). The molecule has 0 aliphatic heterocycles. The highest BCUT2D eigenvalue weighted by Crippen LogP contribution is 2.16. The molecule has 106 valence electrons. The van der Waals surface area contributed by atoms with Crippen LogP contribution in [0.4, 0.5) is 0 Å². The lowest BCUT2D eigenvalue weighted by Gasteiger charge is -2.20. The molecule has 0 heterocycles. The molecule has 1 rings (SSSR count). The molecule has 1 amide bonds. The molecule has 1 aromatic rings. The third-order valence-corrected chi connectivity index (χ3v) is 3.54. The average Bonchev–Trinajstić information content (AvgIpc) is 2.37. The van der Waals surface area contributed by atoms with E-state index < -0.39 is 0 Å². The summed E-state index contributed by atoms with van der Waals surface area (Å²) in [7, 11) is 0.